The first kappa shape index (κ1) is 16.0. The highest BCUT2D eigenvalue weighted by Crippen LogP contribution is 2.15. The van der Waals surface area contributed by atoms with E-state index in [4.69, 9.17) is 4.74 Å². The molecule has 1 N–H and O–H groups in total. The number of nitrogens with one attached hydrogen (secondary N) is 1. The zero-order chi connectivity index (χ0) is 15.1. The van der Waals surface area contributed by atoms with E-state index in [1.54, 1.807) is 6.07 Å². The lowest BCUT2D eigenvalue weighted by Gasteiger charge is -2.20. The Labute approximate surface area is 119 Å². The normalized spacial score (nSPS) is 11.8. The molecule has 0 bridgehead atoms. The van der Waals surface area contributed by atoms with E-state index in [0.717, 1.165) is 5.56 Å². The van der Waals surface area contributed by atoms with E-state index in [1.165, 1.54) is 7.11 Å². The first-order valence-corrected chi connectivity index (χ1v) is 6.51. The molecule has 1 amide bonds. The number of esters is 1. The Morgan fingerprint density at radius 3 is 2.45 bits per heavy atom. The third-order valence-corrected chi connectivity index (χ3v) is 2.89. The van der Waals surface area contributed by atoms with Gasteiger partial charge in [0.1, 0.15) is 11.8 Å². The first-order valence-electron chi connectivity index (χ1n) is 6.51. The van der Waals surface area contributed by atoms with Crippen LogP contribution in [0.1, 0.15) is 19.4 Å². The van der Waals surface area contributed by atoms with Gasteiger partial charge < -0.3 is 14.8 Å². The molecule has 0 aliphatic carbocycles. The van der Waals surface area contributed by atoms with Crippen LogP contribution in [0.25, 0.3) is 0 Å². The van der Waals surface area contributed by atoms with Crippen LogP contribution in [0.2, 0.25) is 0 Å². The molecular formula is C15H21NO4. The Bertz CT molecular complexity index is 471. The summed E-state index contributed by atoms with van der Waals surface area (Å²) in [5.74, 6) is -0.201. The van der Waals surface area contributed by atoms with E-state index in [-0.39, 0.29) is 18.4 Å². The predicted octanol–water partition coefficient (Wildman–Crippen LogP) is 1.69. The van der Waals surface area contributed by atoms with Gasteiger partial charge in [0.05, 0.1) is 7.11 Å². The average molecular weight is 279 g/mol. The molecule has 0 aliphatic rings. The Kier molecular flexibility index (Phi) is 6.03. The number of hydrogen-bond donors (Lipinski definition) is 1. The van der Waals surface area contributed by atoms with Gasteiger partial charge in [0.15, 0.2) is 6.61 Å². The van der Waals surface area contributed by atoms with Crippen molar-refractivity contribution < 1.29 is 19.1 Å². The average Bonchev–Trinajstić information content (AvgIpc) is 2.42. The summed E-state index contributed by atoms with van der Waals surface area (Å²) >= 11 is 0. The molecule has 0 saturated heterocycles. The van der Waals surface area contributed by atoms with Gasteiger partial charge in [-0.3, -0.25) is 4.79 Å². The van der Waals surface area contributed by atoms with E-state index in [2.05, 4.69) is 10.1 Å². The maximum absolute atomic E-state index is 11.8. The van der Waals surface area contributed by atoms with Gasteiger partial charge in [-0.1, -0.05) is 32.0 Å². The first-order chi connectivity index (χ1) is 9.45. The van der Waals surface area contributed by atoms with Crippen molar-refractivity contribution in [3.05, 3.63) is 29.8 Å². The Morgan fingerprint density at radius 2 is 1.90 bits per heavy atom. The van der Waals surface area contributed by atoms with Crippen LogP contribution >= 0.6 is 0 Å². The van der Waals surface area contributed by atoms with E-state index >= 15 is 0 Å². The summed E-state index contributed by atoms with van der Waals surface area (Å²) in [7, 11) is 1.30. The highest BCUT2D eigenvalue weighted by Gasteiger charge is 2.24. The molecule has 0 fully saturated rings. The van der Waals surface area contributed by atoms with Crippen molar-refractivity contribution in [1.82, 2.24) is 5.32 Å². The zero-order valence-corrected chi connectivity index (χ0v) is 12.3. The molecule has 1 unspecified atom stereocenters. The molecule has 0 heterocycles. The SMILES string of the molecule is COC(=O)C(NC(=O)COc1ccccc1C)C(C)C. The molecule has 20 heavy (non-hydrogen) atoms. The van der Waals surface area contributed by atoms with Gasteiger partial charge in [-0.2, -0.15) is 0 Å². The molecular weight excluding hydrogens is 258 g/mol. The summed E-state index contributed by atoms with van der Waals surface area (Å²) in [5, 5.41) is 2.62. The smallest absolute Gasteiger partial charge is 0.328 e. The molecule has 1 aromatic rings. The van der Waals surface area contributed by atoms with E-state index in [9.17, 15) is 9.59 Å². The summed E-state index contributed by atoms with van der Waals surface area (Å²) in [6, 6.07) is 6.77. The predicted molar refractivity (Wildman–Crippen MR) is 75.5 cm³/mol. The van der Waals surface area contributed by atoms with Crippen molar-refractivity contribution in [3.63, 3.8) is 0 Å². The maximum atomic E-state index is 11.8. The summed E-state index contributed by atoms with van der Waals surface area (Å²) in [6.45, 7) is 5.44. The molecule has 1 aromatic carbocycles. The third kappa shape index (κ3) is 4.57. The fourth-order valence-corrected chi connectivity index (χ4v) is 1.70. The highest BCUT2D eigenvalue weighted by molar-refractivity contribution is 5.85. The second-order valence-electron chi connectivity index (χ2n) is 4.87. The molecule has 0 aromatic heterocycles. The molecule has 5 heteroatoms. The number of methoxy groups -OCH3 is 1. The fraction of sp³-hybridized carbons (Fsp3) is 0.467. The second-order valence-corrected chi connectivity index (χ2v) is 4.87. The monoisotopic (exact) mass is 279 g/mol. The Hall–Kier alpha value is -2.04. The second kappa shape index (κ2) is 7.53. The number of rotatable bonds is 6. The molecule has 1 rings (SSSR count). The standard InChI is InChI=1S/C15H21NO4/c1-10(2)14(15(18)19-4)16-13(17)9-20-12-8-6-5-7-11(12)3/h5-8,10,14H,9H2,1-4H3,(H,16,17). The number of hydrogen-bond acceptors (Lipinski definition) is 4. The van der Waals surface area contributed by atoms with Crippen LogP contribution < -0.4 is 10.1 Å². The molecule has 0 radical (unpaired) electrons. The molecule has 0 spiro atoms. The number of ether oxygens (including phenoxy) is 2. The van der Waals surface area contributed by atoms with Crippen LogP contribution in [0.3, 0.4) is 0 Å². The van der Waals surface area contributed by atoms with Crippen LogP contribution in [0.15, 0.2) is 24.3 Å². The minimum Gasteiger partial charge on any atom is -0.484 e. The van der Waals surface area contributed by atoms with Crippen LogP contribution in [-0.4, -0.2) is 31.6 Å². The number of carbonyl (C=O) groups is 2. The molecule has 5 nitrogen and oxygen atoms in total. The number of carbonyl (C=O) groups excluding carboxylic acids is 2. The van der Waals surface area contributed by atoms with Crippen molar-refractivity contribution in [2.75, 3.05) is 13.7 Å². The number of aryl methyl sites for hydroxylation is 1. The number of benzene rings is 1. The van der Waals surface area contributed by atoms with Gasteiger partial charge in [0.2, 0.25) is 0 Å². The van der Waals surface area contributed by atoms with Crippen LogP contribution in [0.5, 0.6) is 5.75 Å². The zero-order valence-electron chi connectivity index (χ0n) is 12.3. The minimum absolute atomic E-state index is 0.0511. The Morgan fingerprint density at radius 1 is 1.25 bits per heavy atom. The lowest BCUT2D eigenvalue weighted by molar-refractivity contribution is -0.146. The molecule has 110 valence electrons. The maximum Gasteiger partial charge on any atom is 0.328 e. The Balaban J connectivity index is 2.55. The topological polar surface area (TPSA) is 64.6 Å². The van der Waals surface area contributed by atoms with Gasteiger partial charge in [0, 0.05) is 0 Å². The van der Waals surface area contributed by atoms with E-state index < -0.39 is 12.0 Å². The summed E-state index contributed by atoms with van der Waals surface area (Å²) < 4.78 is 10.1. The highest BCUT2D eigenvalue weighted by atomic mass is 16.5. The lowest BCUT2D eigenvalue weighted by atomic mass is 10.0. The summed E-state index contributed by atoms with van der Waals surface area (Å²) in [4.78, 5) is 23.4. The third-order valence-electron chi connectivity index (χ3n) is 2.89. The molecule has 0 saturated carbocycles. The number of amides is 1. The largest absolute Gasteiger partial charge is 0.484 e. The van der Waals surface area contributed by atoms with Crippen molar-refractivity contribution in [3.8, 4) is 5.75 Å². The lowest BCUT2D eigenvalue weighted by Crippen LogP contribution is -2.46. The van der Waals surface area contributed by atoms with Gasteiger partial charge in [-0.25, -0.2) is 4.79 Å². The van der Waals surface area contributed by atoms with Crippen molar-refractivity contribution in [1.29, 1.82) is 0 Å². The van der Waals surface area contributed by atoms with Gasteiger partial charge >= 0.3 is 5.97 Å². The van der Waals surface area contributed by atoms with Crippen molar-refractivity contribution in [2.24, 2.45) is 5.92 Å². The van der Waals surface area contributed by atoms with Gasteiger partial charge in [0.25, 0.3) is 5.91 Å². The van der Waals surface area contributed by atoms with Crippen molar-refractivity contribution in [2.45, 2.75) is 26.8 Å². The van der Waals surface area contributed by atoms with Gasteiger partial charge in [-0.15, -0.1) is 0 Å². The minimum atomic E-state index is -0.659. The summed E-state index contributed by atoms with van der Waals surface area (Å²) in [6.07, 6.45) is 0. The van der Waals surface area contributed by atoms with Crippen LogP contribution in [0.4, 0.5) is 0 Å². The van der Waals surface area contributed by atoms with Crippen molar-refractivity contribution >= 4 is 11.9 Å². The quantitative estimate of drug-likeness (QED) is 0.805. The molecule has 1 atom stereocenters. The summed E-state index contributed by atoms with van der Waals surface area (Å²) in [5.41, 5.74) is 0.952. The van der Waals surface area contributed by atoms with Crippen LogP contribution in [0, 0.1) is 12.8 Å². The van der Waals surface area contributed by atoms with Gasteiger partial charge in [-0.05, 0) is 24.5 Å². The van der Waals surface area contributed by atoms with E-state index in [0.29, 0.717) is 5.75 Å². The number of para-hydroxylation sites is 1. The van der Waals surface area contributed by atoms with E-state index in [1.807, 2.05) is 39.0 Å². The van der Waals surface area contributed by atoms with Crippen LogP contribution in [-0.2, 0) is 14.3 Å². The fourth-order valence-electron chi connectivity index (χ4n) is 1.70. The molecule has 0 aliphatic heterocycles.